The number of carbonyl (C=O) groups is 1. The molecule has 7 heteroatoms. The smallest absolute Gasteiger partial charge is 0.223 e. The van der Waals surface area contributed by atoms with Crippen molar-refractivity contribution in [3.05, 3.63) is 71.8 Å². The molecule has 6 nitrogen and oxygen atoms in total. The Bertz CT molecular complexity index is 1050. The van der Waals surface area contributed by atoms with Gasteiger partial charge >= 0.3 is 0 Å². The molecule has 2 aromatic carbocycles. The predicted molar refractivity (Wildman–Crippen MR) is 117 cm³/mol. The average molecular weight is 420 g/mol. The molecule has 4 rings (SSSR count). The first-order valence-corrected chi connectivity index (χ1v) is 10.4. The summed E-state index contributed by atoms with van der Waals surface area (Å²) in [5.74, 6) is 0.741. The molecule has 3 aromatic rings. The number of halogens is 1. The molecule has 0 radical (unpaired) electrons. The van der Waals surface area contributed by atoms with Gasteiger partial charge in [-0.2, -0.15) is 0 Å². The Morgan fingerprint density at radius 2 is 1.94 bits per heavy atom. The number of amides is 1. The number of nitrogens with two attached hydrogens (primary N) is 1. The number of hydrogen-bond acceptors (Lipinski definition) is 5. The zero-order chi connectivity index (χ0) is 21.8. The zero-order valence-electron chi connectivity index (χ0n) is 17.4. The van der Waals surface area contributed by atoms with E-state index in [1.807, 2.05) is 29.2 Å². The van der Waals surface area contributed by atoms with E-state index in [0.717, 1.165) is 41.0 Å². The van der Waals surface area contributed by atoms with Crippen molar-refractivity contribution in [3.8, 4) is 16.9 Å². The minimum atomic E-state index is -0.276. The monoisotopic (exact) mass is 420 g/mol. The summed E-state index contributed by atoms with van der Waals surface area (Å²) in [4.78, 5) is 23.7. The van der Waals surface area contributed by atoms with Crippen molar-refractivity contribution >= 4 is 11.9 Å². The summed E-state index contributed by atoms with van der Waals surface area (Å²) >= 11 is 0. The van der Waals surface area contributed by atoms with E-state index in [0.29, 0.717) is 19.4 Å². The van der Waals surface area contributed by atoms with Gasteiger partial charge in [0.2, 0.25) is 11.9 Å². The number of nitrogens with zero attached hydrogens (tertiary/aromatic N) is 3. The van der Waals surface area contributed by atoms with Crippen LogP contribution >= 0.6 is 0 Å². The Morgan fingerprint density at radius 3 is 2.65 bits per heavy atom. The van der Waals surface area contributed by atoms with Crippen LogP contribution < -0.4 is 10.5 Å². The number of rotatable bonds is 6. The molecular formula is C24H25FN4O2. The molecule has 1 amide bonds. The maximum Gasteiger partial charge on any atom is 0.223 e. The molecule has 1 saturated heterocycles. The third-order valence-electron chi connectivity index (χ3n) is 5.67. The van der Waals surface area contributed by atoms with E-state index in [1.54, 1.807) is 25.4 Å². The molecule has 0 saturated carbocycles. The number of nitrogen functional groups attached to an aromatic ring is 1. The molecule has 1 fully saturated rings. The predicted octanol–water partition coefficient (Wildman–Crippen LogP) is 4.17. The maximum absolute atomic E-state index is 13.1. The second kappa shape index (κ2) is 9.12. The van der Waals surface area contributed by atoms with E-state index >= 15 is 0 Å². The van der Waals surface area contributed by atoms with Gasteiger partial charge in [0.05, 0.1) is 18.8 Å². The fraction of sp³-hybridized carbons (Fsp3) is 0.292. The highest BCUT2D eigenvalue weighted by Crippen LogP contribution is 2.37. The van der Waals surface area contributed by atoms with Crippen molar-refractivity contribution in [1.29, 1.82) is 0 Å². The highest BCUT2D eigenvalue weighted by Gasteiger charge is 2.32. The molecule has 160 valence electrons. The highest BCUT2D eigenvalue weighted by molar-refractivity contribution is 5.78. The molecule has 2 heterocycles. The van der Waals surface area contributed by atoms with Crippen molar-refractivity contribution in [2.45, 2.75) is 31.7 Å². The van der Waals surface area contributed by atoms with Crippen LogP contribution in [-0.2, 0) is 11.2 Å². The second-order valence-corrected chi connectivity index (χ2v) is 7.63. The van der Waals surface area contributed by atoms with Crippen molar-refractivity contribution in [2.24, 2.45) is 0 Å². The van der Waals surface area contributed by atoms with E-state index in [9.17, 15) is 9.18 Å². The van der Waals surface area contributed by atoms with E-state index < -0.39 is 0 Å². The van der Waals surface area contributed by atoms with E-state index in [-0.39, 0.29) is 23.7 Å². The van der Waals surface area contributed by atoms with Crippen molar-refractivity contribution < 1.29 is 13.9 Å². The fourth-order valence-electron chi connectivity index (χ4n) is 4.05. The lowest BCUT2D eigenvalue weighted by atomic mass is 9.99. The van der Waals surface area contributed by atoms with Gasteiger partial charge in [-0.3, -0.25) is 4.79 Å². The van der Waals surface area contributed by atoms with Gasteiger partial charge in [0.1, 0.15) is 11.6 Å². The topological polar surface area (TPSA) is 81.3 Å². The molecule has 1 aromatic heterocycles. The van der Waals surface area contributed by atoms with Gasteiger partial charge < -0.3 is 15.4 Å². The van der Waals surface area contributed by atoms with E-state index in [1.165, 1.54) is 12.1 Å². The van der Waals surface area contributed by atoms with E-state index in [4.69, 9.17) is 10.5 Å². The van der Waals surface area contributed by atoms with Gasteiger partial charge in [-0.05, 0) is 54.7 Å². The molecule has 31 heavy (non-hydrogen) atoms. The number of likely N-dealkylation sites (tertiary alicyclic amines) is 1. The van der Waals surface area contributed by atoms with Crippen LogP contribution in [0.3, 0.4) is 0 Å². The van der Waals surface area contributed by atoms with Gasteiger partial charge in [-0.15, -0.1) is 0 Å². The van der Waals surface area contributed by atoms with Crippen LogP contribution in [0.5, 0.6) is 5.75 Å². The molecule has 1 atom stereocenters. The molecule has 0 bridgehead atoms. The lowest BCUT2D eigenvalue weighted by molar-refractivity contribution is -0.132. The fourth-order valence-corrected chi connectivity index (χ4v) is 4.05. The molecule has 0 unspecified atom stereocenters. The van der Waals surface area contributed by atoms with Gasteiger partial charge in [-0.1, -0.05) is 24.3 Å². The first-order chi connectivity index (χ1) is 15.0. The number of ether oxygens (including phenoxy) is 1. The molecular weight excluding hydrogens is 395 g/mol. The lowest BCUT2D eigenvalue weighted by Gasteiger charge is -2.26. The van der Waals surface area contributed by atoms with Crippen molar-refractivity contribution in [2.75, 3.05) is 19.4 Å². The molecule has 0 aliphatic carbocycles. The number of hydrogen-bond donors (Lipinski definition) is 1. The maximum atomic E-state index is 13.1. The van der Waals surface area contributed by atoms with Gasteiger partial charge in [-0.25, -0.2) is 14.4 Å². The summed E-state index contributed by atoms with van der Waals surface area (Å²) in [6.45, 7) is 0.679. The first kappa shape index (κ1) is 20.8. The minimum absolute atomic E-state index is 0.0599. The van der Waals surface area contributed by atoms with Crippen molar-refractivity contribution in [3.63, 3.8) is 0 Å². The average Bonchev–Trinajstić information content (AvgIpc) is 3.28. The lowest BCUT2D eigenvalue weighted by Crippen LogP contribution is -2.31. The summed E-state index contributed by atoms with van der Waals surface area (Å²) in [6.07, 6.45) is 4.37. The number of benzene rings is 2. The first-order valence-electron chi connectivity index (χ1n) is 10.4. The van der Waals surface area contributed by atoms with Crippen LogP contribution in [0.15, 0.2) is 54.7 Å². The van der Waals surface area contributed by atoms with Gasteiger partial charge in [0.25, 0.3) is 0 Å². The van der Waals surface area contributed by atoms with Gasteiger partial charge in [0, 0.05) is 24.7 Å². The summed E-state index contributed by atoms with van der Waals surface area (Å²) in [5.41, 5.74) is 9.43. The Labute approximate surface area is 180 Å². The van der Waals surface area contributed by atoms with Gasteiger partial charge in [0.15, 0.2) is 0 Å². The largest absolute Gasteiger partial charge is 0.497 e. The van der Waals surface area contributed by atoms with Crippen molar-refractivity contribution in [1.82, 2.24) is 14.9 Å². The van der Waals surface area contributed by atoms with E-state index in [2.05, 4.69) is 9.97 Å². The molecule has 2 N–H and O–H groups in total. The van der Waals surface area contributed by atoms with Crippen LogP contribution in [0.1, 0.15) is 36.6 Å². The number of carbonyl (C=O) groups excluding carboxylic acids is 1. The minimum Gasteiger partial charge on any atom is -0.497 e. The number of methoxy groups -OCH3 is 1. The Kier molecular flexibility index (Phi) is 6.11. The van der Waals surface area contributed by atoms with Crippen LogP contribution in [0.25, 0.3) is 11.1 Å². The normalized spacial score (nSPS) is 15.8. The number of aryl methyl sites for hydroxylation is 1. The number of aromatic nitrogens is 2. The second-order valence-electron chi connectivity index (χ2n) is 7.63. The third kappa shape index (κ3) is 4.66. The van der Waals surface area contributed by atoms with Crippen LogP contribution in [-0.4, -0.2) is 34.4 Å². The third-order valence-corrected chi connectivity index (χ3v) is 5.67. The van der Waals surface area contributed by atoms with Crippen LogP contribution in [0.4, 0.5) is 10.3 Å². The summed E-state index contributed by atoms with van der Waals surface area (Å²) in [5, 5.41) is 0. The zero-order valence-corrected chi connectivity index (χ0v) is 17.4. The van der Waals surface area contributed by atoms with Crippen LogP contribution in [0, 0.1) is 5.82 Å². The molecule has 1 aliphatic heterocycles. The standard InChI is InChI=1S/C24H25FN4O2/c1-31-19-11-7-17(8-12-19)20-15-27-24(26)28-23(20)21-3-2-14-29(21)22(30)13-6-16-4-9-18(25)10-5-16/h4-5,7-12,15,21H,2-3,6,13-14H2,1H3,(H2,26,27,28)/t21-/m0/s1. The Morgan fingerprint density at radius 1 is 1.19 bits per heavy atom. The highest BCUT2D eigenvalue weighted by atomic mass is 19.1. The van der Waals surface area contributed by atoms with Crippen LogP contribution in [0.2, 0.25) is 0 Å². The SMILES string of the molecule is COc1ccc(-c2cnc(N)nc2[C@@H]2CCCN2C(=O)CCc2ccc(F)cc2)cc1. The summed E-state index contributed by atoms with van der Waals surface area (Å²) in [7, 11) is 1.63. The molecule has 1 aliphatic rings. The quantitative estimate of drug-likeness (QED) is 0.647. The summed E-state index contributed by atoms with van der Waals surface area (Å²) in [6, 6.07) is 13.8. The number of anilines is 1. The molecule has 0 spiro atoms. The summed E-state index contributed by atoms with van der Waals surface area (Å²) < 4.78 is 18.4. The Hall–Kier alpha value is -3.48. The Balaban J connectivity index is 1.56.